The smallest absolute Gasteiger partial charge is 0.505 e. The average molecular weight is 343 g/mol. The number of halogens is 2. The van der Waals surface area contributed by atoms with Gasteiger partial charge in [0.05, 0.1) is 5.56 Å². The Morgan fingerprint density at radius 2 is 1.73 bits per heavy atom. The van der Waals surface area contributed by atoms with Crippen molar-refractivity contribution >= 4 is 30.0 Å². The highest BCUT2D eigenvalue weighted by atomic mass is 28.4. The van der Waals surface area contributed by atoms with Crippen LogP contribution in [0.15, 0.2) is 24.3 Å². The van der Waals surface area contributed by atoms with Gasteiger partial charge in [0.15, 0.2) is 16.6 Å². The first-order valence-corrected chi connectivity index (χ1v) is 13.4. The van der Waals surface area contributed by atoms with Gasteiger partial charge in [0.2, 0.25) is 0 Å². The molecule has 0 aromatic heterocycles. The van der Waals surface area contributed by atoms with Crippen LogP contribution in [0.3, 0.4) is 0 Å². The summed E-state index contributed by atoms with van der Waals surface area (Å²) >= 11 is 0. The largest absolute Gasteiger partial charge is 0.796 e. The molecular formula is C13H20BF2NO3Si2. The van der Waals surface area contributed by atoms with Crippen LogP contribution in [-0.2, 0) is 4.12 Å². The number of para-hydroxylation sites is 1. The number of carbonyl (C=O) groups excluding carboxylic acids is 1. The van der Waals surface area contributed by atoms with Gasteiger partial charge in [-0.3, -0.25) is 4.79 Å². The summed E-state index contributed by atoms with van der Waals surface area (Å²) in [5.41, 5.74) is 0.180. The summed E-state index contributed by atoms with van der Waals surface area (Å²) in [6, 6.07) is 6.14. The lowest BCUT2D eigenvalue weighted by atomic mass is 10.1. The quantitative estimate of drug-likeness (QED) is 0.792. The molecule has 22 heavy (non-hydrogen) atoms. The third kappa shape index (κ3) is 4.17. The molecule has 9 heteroatoms. The van der Waals surface area contributed by atoms with Crippen molar-refractivity contribution < 1.29 is 22.2 Å². The molecule has 0 unspecified atom stereocenters. The van der Waals surface area contributed by atoms with Crippen molar-refractivity contribution in [3.05, 3.63) is 29.8 Å². The Kier molecular flexibility index (Phi) is 4.78. The molecule has 0 spiro atoms. The lowest BCUT2D eigenvalue weighted by Gasteiger charge is -2.45. The summed E-state index contributed by atoms with van der Waals surface area (Å²) in [6.07, 6.45) is 1.12. The fraction of sp³-hybridized carbons (Fsp3) is 0.462. The molecule has 4 nitrogen and oxygen atoms in total. The lowest BCUT2D eigenvalue weighted by molar-refractivity contribution is 0.0781. The van der Waals surface area contributed by atoms with Crippen LogP contribution in [0.25, 0.3) is 0 Å². The first-order chi connectivity index (χ1) is 10.1. The molecule has 0 N–H and O–H groups in total. The molecule has 1 aromatic rings. The number of carbonyl (C=O) groups is 1. The summed E-state index contributed by atoms with van der Waals surface area (Å²) in [7, 11) is -6.86. The SMILES string of the molecule is C[Si]1(C)CN(C(=O)c2ccccc2OB(F)F)C[Si](C)(C)O1. The molecule has 0 atom stereocenters. The minimum Gasteiger partial charge on any atom is -0.505 e. The standard InChI is InChI=1S/C13H20BF2NO3Si2/c1-21(2)9-17(10-22(3,4)20-21)13(18)11-7-5-6-8-12(11)19-14(15)16/h5-8H,9-10H2,1-4H3. The zero-order valence-corrected chi connectivity index (χ0v) is 15.2. The minimum absolute atomic E-state index is 0.0760. The maximum absolute atomic E-state index is 12.8. The van der Waals surface area contributed by atoms with Gasteiger partial charge in [-0.25, -0.2) is 8.63 Å². The van der Waals surface area contributed by atoms with Crippen molar-refractivity contribution in [2.75, 3.05) is 12.3 Å². The molecule has 120 valence electrons. The molecule has 1 fully saturated rings. The Morgan fingerprint density at radius 3 is 2.27 bits per heavy atom. The first-order valence-electron chi connectivity index (χ1n) is 7.13. The summed E-state index contributed by atoms with van der Waals surface area (Å²) in [5.74, 6) is -0.339. The van der Waals surface area contributed by atoms with Gasteiger partial charge in [-0.15, -0.1) is 0 Å². The predicted octanol–water partition coefficient (Wildman–Crippen LogP) is 2.95. The summed E-state index contributed by atoms with van der Waals surface area (Å²) < 4.78 is 35.7. The Bertz CT molecular complexity index is 556. The van der Waals surface area contributed by atoms with E-state index in [1.807, 2.05) is 0 Å². The summed E-state index contributed by atoms with van der Waals surface area (Å²) in [6.45, 7) is 8.29. The van der Waals surface area contributed by atoms with E-state index in [9.17, 15) is 13.4 Å². The Labute approximate surface area is 131 Å². The topological polar surface area (TPSA) is 38.8 Å². The van der Waals surface area contributed by atoms with E-state index in [-0.39, 0.29) is 17.2 Å². The molecule has 2 rings (SSSR count). The van der Waals surface area contributed by atoms with E-state index in [1.165, 1.54) is 12.1 Å². The van der Waals surface area contributed by atoms with Crippen molar-refractivity contribution in [3.8, 4) is 5.75 Å². The highest BCUT2D eigenvalue weighted by Crippen LogP contribution is 2.27. The molecule has 1 amide bonds. The van der Waals surface area contributed by atoms with Gasteiger partial charge in [-0.2, -0.15) is 0 Å². The monoisotopic (exact) mass is 343 g/mol. The Hall–Kier alpha value is -1.19. The first kappa shape index (κ1) is 17.2. The van der Waals surface area contributed by atoms with E-state index in [2.05, 4.69) is 30.8 Å². The van der Waals surface area contributed by atoms with Crippen molar-refractivity contribution in [2.24, 2.45) is 0 Å². The number of benzene rings is 1. The third-order valence-corrected chi connectivity index (χ3v) is 10.0. The summed E-state index contributed by atoms with van der Waals surface area (Å²) in [4.78, 5) is 14.5. The molecule has 1 aromatic carbocycles. The number of amides is 1. The van der Waals surface area contributed by atoms with Gasteiger partial charge in [-0.1, -0.05) is 12.1 Å². The number of rotatable bonds is 3. The van der Waals surface area contributed by atoms with E-state index in [1.54, 1.807) is 17.0 Å². The van der Waals surface area contributed by atoms with Crippen LogP contribution in [0, 0.1) is 0 Å². The van der Waals surface area contributed by atoms with Gasteiger partial charge in [0.25, 0.3) is 5.91 Å². The minimum atomic E-state index is -2.95. The maximum atomic E-state index is 12.8. The predicted molar refractivity (Wildman–Crippen MR) is 87.0 cm³/mol. The fourth-order valence-electron chi connectivity index (χ4n) is 2.94. The number of nitrogens with zero attached hydrogens (tertiary/aromatic N) is 1. The van der Waals surface area contributed by atoms with Crippen molar-refractivity contribution in [1.29, 1.82) is 0 Å². The van der Waals surface area contributed by atoms with Crippen LogP contribution in [0.4, 0.5) is 8.63 Å². The Balaban J connectivity index is 2.28. The van der Waals surface area contributed by atoms with Crippen LogP contribution in [0.5, 0.6) is 5.75 Å². The highest BCUT2D eigenvalue weighted by molar-refractivity contribution is 6.86. The van der Waals surface area contributed by atoms with Crippen LogP contribution in [0.1, 0.15) is 10.4 Å². The van der Waals surface area contributed by atoms with Crippen LogP contribution in [0.2, 0.25) is 26.2 Å². The van der Waals surface area contributed by atoms with Crippen molar-refractivity contribution in [2.45, 2.75) is 26.2 Å². The van der Waals surface area contributed by atoms with Gasteiger partial charge in [0, 0.05) is 12.3 Å². The fourth-order valence-corrected chi connectivity index (χ4v) is 12.0. The van der Waals surface area contributed by atoms with E-state index >= 15 is 0 Å². The van der Waals surface area contributed by atoms with E-state index in [0.717, 1.165) is 0 Å². The van der Waals surface area contributed by atoms with Gasteiger partial charge in [0.1, 0.15) is 5.75 Å². The van der Waals surface area contributed by atoms with Crippen LogP contribution >= 0.6 is 0 Å². The lowest BCUT2D eigenvalue weighted by Crippen LogP contribution is -2.64. The second-order valence-corrected chi connectivity index (χ2v) is 15.1. The maximum Gasteiger partial charge on any atom is 0.796 e. The summed E-state index contributed by atoms with van der Waals surface area (Å²) in [5, 5.41) is 0. The van der Waals surface area contributed by atoms with E-state index in [4.69, 9.17) is 4.12 Å². The van der Waals surface area contributed by atoms with Crippen molar-refractivity contribution in [1.82, 2.24) is 4.90 Å². The second kappa shape index (κ2) is 6.13. The van der Waals surface area contributed by atoms with E-state index < -0.39 is 24.1 Å². The van der Waals surface area contributed by atoms with Gasteiger partial charge < -0.3 is 13.7 Å². The van der Waals surface area contributed by atoms with Gasteiger partial charge >= 0.3 is 7.47 Å². The molecule has 1 aliphatic rings. The molecule has 0 saturated carbocycles. The highest BCUT2D eigenvalue weighted by Gasteiger charge is 2.43. The van der Waals surface area contributed by atoms with E-state index in [0.29, 0.717) is 12.3 Å². The second-order valence-electron chi connectivity index (χ2n) is 6.66. The molecular weight excluding hydrogens is 323 g/mol. The van der Waals surface area contributed by atoms with Gasteiger partial charge in [-0.05, 0) is 38.3 Å². The molecule has 0 radical (unpaired) electrons. The normalized spacial score (nSPS) is 19.6. The van der Waals surface area contributed by atoms with Crippen molar-refractivity contribution in [3.63, 3.8) is 0 Å². The molecule has 1 aliphatic heterocycles. The molecule has 1 heterocycles. The molecule has 0 bridgehead atoms. The average Bonchev–Trinajstić information content (AvgIpc) is 2.34. The number of hydrogen-bond acceptors (Lipinski definition) is 3. The zero-order valence-electron chi connectivity index (χ0n) is 13.2. The Morgan fingerprint density at radius 1 is 1.18 bits per heavy atom. The number of hydrogen-bond donors (Lipinski definition) is 0. The third-order valence-electron chi connectivity index (χ3n) is 3.32. The van der Waals surface area contributed by atoms with Crippen LogP contribution in [-0.4, -0.2) is 47.2 Å². The van der Waals surface area contributed by atoms with Crippen LogP contribution < -0.4 is 4.65 Å². The zero-order chi connectivity index (χ0) is 16.5. The molecule has 0 aliphatic carbocycles. The molecule has 1 saturated heterocycles.